The Bertz CT molecular complexity index is 985. The highest BCUT2D eigenvalue weighted by Gasteiger charge is 2.45. The van der Waals surface area contributed by atoms with Gasteiger partial charge in [-0.25, -0.2) is 0 Å². The molecule has 0 aliphatic carbocycles. The molecule has 0 aromatic heterocycles. The molecule has 144 valence electrons. The van der Waals surface area contributed by atoms with Crippen molar-refractivity contribution in [2.75, 3.05) is 0 Å². The number of nitro groups is 1. The number of hydrazone groups is 1. The molecule has 0 bridgehead atoms. The number of ether oxygens (including phenoxy) is 2. The van der Waals surface area contributed by atoms with Crippen LogP contribution in [0, 0.1) is 10.1 Å². The summed E-state index contributed by atoms with van der Waals surface area (Å²) in [6, 6.07) is 12.3. The second-order valence-electron chi connectivity index (χ2n) is 6.21. The van der Waals surface area contributed by atoms with Gasteiger partial charge in [0, 0.05) is 38.5 Å². The summed E-state index contributed by atoms with van der Waals surface area (Å²) in [6.07, 6.45) is 0. The van der Waals surface area contributed by atoms with Gasteiger partial charge in [-0.2, -0.15) is 5.01 Å². The van der Waals surface area contributed by atoms with Gasteiger partial charge in [0.05, 0.1) is 10.5 Å². The standard InChI is InChI=1S/C19H17N3O6/c1-12(23)21-19(3,14-8-10-15(11-9-14)22(25)26)28-18(20-21)16-6-4-5-7-17(16)27-13(2)24/h4-11H,1-3H3. The lowest BCUT2D eigenvalue weighted by Gasteiger charge is -2.31. The molecular weight excluding hydrogens is 366 g/mol. The highest BCUT2D eigenvalue weighted by molar-refractivity contribution is 5.99. The third-order valence-electron chi connectivity index (χ3n) is 4.17. The first-order valence-electron chi connectivity index (χ1n) is 8.33. The van der Waals surface area contributed by atoms with Crippen molar-refractivity contribution in [1.82, 2.24) is 5.01 Å². The van der Waals surface area contributed by atoms with Gasteiger partial charge in [0.2, 0.25) is 17.5 Å². The van der Waals surface area contributed by atoms with Gasteiger partial charge in [0.15, 0.2) is 0 Å². The third kappa shape index (κ3) is 3.41. The van der Waals surface area contributed by atoms with Gasteiger partial charge in [-0.05, 0) is 24.3 Å². The Balaban J connectivity index is 2.02. The maximum Gasteiger partial charge on any atom is 0.308 e. The Labute approximate surface area is 160 Å². The smallest absolute Gasteiger partial charge is 0.308 e. The molecule has 0 N–H and O–H groups in total. The average molecular weight is 383 g/mol. The van der Waals surface area contributed by atoms with Crippen molar-refractivity contribution in [2.24, 2.45) is 5.10 Å². The Morgan fingerprint density at radius 2 is 1.79 bits per heavy atom. The summed E-state index contributed by atoms with van der Waals surface area (Å²) >= 11 is 0. The molecule has 0 saturated heterocycles. The number of hydrogen-bond acceptors (Lipinski definition) is 7. The molecule has 1 atom stereocenters. The fraction of sp³-hybridized carbons (Fsp3) is 0.211. The summed E-state index contributed by atoms with van der Waals surface area (Å²) in [5.41, 5.74) is -0.507. The average Bonchev–Trinajstić information content (AvgIpc) is 3.01. The molecular formula is C19H17N3O6. The molecule has 1 amide bonds. The van der Waals surface area contributed by atoms with E-state index in [-0.39, 0.29) is 23.2 Å². The maximum atomic E-state index is 12.2. The molecule has 0 spiro atoms. The summed E-state index contributed by atoms with van der Waals surface area (Å²) in [5, 5.41) is 16.3. The molecule has 2 aromatic rings. The summed E-state index contributed by atoms with van der Waals surface area (Å²) < 4.78 is 11.2. The van der Waals surface area contributed by atoms with Crippen molar-refractivity contribution in [3.63, 3.8) is 0 Å². The molecule has 28 heavy (non-hydrogen) atoms. The minimum absolute atomic E-state index is 0.0823. The predicted octanol–water partition coefficient (Wildman–Crippen LogP) is 2.93. The van der Waals surface area contributed by atoms with Crippen LogP contribution in [-0.2, 0) is 20.1 Å². The number of esters is 1. The first kappa shape index (κ1) is 19.0. The van der Waals surface area contributed by atoms with E-state index in [1.165, 1.54) is 38.1 Å². The van der Waals surface area contributed by atoms with Crippen LogP contribution in [0.15, 0.2) is 53.6 Å². The first-order chi connectivity index (χ1) is 13.2. The molecule has 1 aliphatic heterocycles. The van der Waals surface area contributed by atoms with E-state index in [0.717, 1.165) is 5.01 Å². The van der Waals surface area contributed by atoms with Gasteiger partial charge >= 0.3 is 5.97 Å². The Morgan fingerprint density at radius 1 is 1.14 bits per heavy atom. The number of amides is 1. The molecule has 2 aromatic carbocycles. The van der Waals surface area contributed by atoms with Crippen LogP contribution in [0.1, 0.15) is 31.9 Å². The van der Waals surface area contributed by atoms with E-state index in [0.29, 0.717) is 11.1 Å². The van der Waals surface area contributed by atoms with Crippen LogP contribution < -0.4 is 4.74 Å². The van der Waals surface area contributed by atoms with Gasteiger partial charge in [0.1, 0.15) is 5.75 Å². The summed E-state index contributed by atoms with van der Waals surface area (Å²) in [4.78, 5) is 33.9. The van der Waals surface area contributed by atoms with Crippen LogP contribution in [0.5, 0.6) is 5.75 Å². The summed E-state index contributed by atoms with van der Waals surface area (Å²) in [6.45, 7) is 4.23. The van der Waals surface area contributed by atoms with E-state index in [2.05, 4.69) is 5.10 Å². The molecule has 0 radical (unpaired) electrons. The Morgan fingerprint density at radius 3 is 2.36 bits per heavy atom. The van der Waals surface area contributed by atoms with Crippen molar-refractivity contribution >= 4 is 23.5 Å². The van der Waals surface area contributed by atoms with Crippen molar-refractivity contribution in [3.05, 3.63) is 69.8 Å². The molecule has 9 heteroatoms. The lowest BCUT2D eigenvalue weighted by molar-refractivity contribution is -0.384. The van der Waals surface area contributed by atoms with Crippen LogP contribution in [0.4, 0.5) is 5.69 Å². The van der Waals surface area contributed by atoms with Crippen molar-refractivity contribution in [3.8, 4) is 5.75 Å². The van der Waals surface area contributed by atoms with E-state index in [4.69, 9.17) is 9.47 Å². The first-order valence-corrected chi connectivity index (χ1v) is 8.33. The fourth-order valence-electron chi connectivity index (χ4n) is 2.88. The third-order valence-corrected chi connectivity index (χ3v) is 4.17. The normalized spacial score (nSPS) is 18.2. The largest absolute Gasteiger partial charge is 0.443 e. The van der Waals surface area contributed by atoms with Crippen molar-refractivity contribution < 1.29 is 24.0 Å². The maximum absolute atomic E-state index is 12.2. The predicted molar refractivity (Wildman–Crippen MR) is 98.3 cm³/mol. The van der Waals surface area contributed by atoms with Crippen LogP contribution in [0.2, 0.25) is 0 Å². The number of benzene rings is 2. The number of hydrogen-bond donors (Lipinski definition) is 0. The topological polar surface area (TPSA) is 111 Å². The van der Waals surface area contributed by atoms with Crippen LogP contribution in [0.3, 0.4) is 0 Å². The van der Waals surface area contributed by atoms with Gasteiger partial charge in [-0.15, -0.1) is 5.10 Å². The second kappa shape index (κ2) is 7.10. The Kier molecular flexibility index (Phi) is 4.83. The Hall–Kier alpha value is -3.75. The van der Waals surface area contributed by atoms with E-state index >= 15 is 0 Å². The van der Waals surface area contributed by atoms with E-state index < -0.39 is 16.6 Å². The monoisotopic (exact) mass is 383 g/mol. The fourth-order valence-corrected chi connectivity index (χ4v) is 2.88. The molecule has 1 heterocycles. The molecule has 0 fully saturated rings. The number of carbonyl (C=O) groups excluding carboxylic acids is 2. The quantitative estimate of drug-likeness (QED) is 0.347. The highest BCUT2D eigenvalue weighted by atomic mass is 16.6. The van der Waals surface area contributed by atoms with Crippen LogP contribution >= 0.6 is 0 Å². The lowest BCUT2D eigenvalue weighted by Crippen LogP contribution is -2.41. The zero-order valence-corrected chi connectivity index (χ0v) is 15.4. The van der Waals surface area contributed by atoms with Gasteiger partial charge in [-0.1, -0.05) is 12.1 Å². The van der Waals surface area contributed by atoms with E-state index in [9.17, 15) is 19.7 Å². The molecule has 3 rings (SSSR count). The summed E-state index contributed by atoms with van der Waals surface area (Å²) in [7, 11) is 0. The highest BCUT2D eigenvalue weighted by Crippen LogP contribution is 2.38. The number of non-ortho nitro benzene ring substituents is 1. The zero-order valence-electron chi connectivity index (χ0n) is 15.4. The van der Waals surface area contributed by atoms with Crippen LogP contribution in [-0.4, -0.2) is 27.7 Å². The van der Waals surface area contributed by atoms with E-state index in [1.807, 2.05) is 0 Å². The molecule has 0 saturated carbocycles. The van der Waals surface area contributed by atoms with Crippen LogP contribution in [0.25, 0.3) is 0 Å². The zero-order chi connectivity index (χ0) is 20.5. The number of carbonyl (C=O) groups is 2. The van der Waals surface area contributed by atoms with Crippen molar-refractivity contribution in [2.45, 2.75) is 26.5 Å². The number of rotatable bonds is 4. The number of nitrogens with zero attached hydrogens (tertiary/aromatic N) is 3. The lowest BCUT2D eigenvalue weighted by atomic mass is 10.0. The van der Waals surface area contributed by atoms with Gasteiger partial charge in [0.25, 0.3) is 5.69 Å². The second-order valence-corrected chi connectivity index (χ2v) is 6.21. The minimum atomic E-state index is -1.32. The molecule has 9 nitrogen and oxygen atoms in total. The SMILES string of the molecule is CC(=O)Oc1ccccc1C1=NN(C(C)=O)C(C)(c2ccc([N+](=O)[O-])cc2)O1. The molecule has 1 aliphatic rings. The van der Waals surface area contributed by atoms with Gasteiger partial charge in [-0.3, -0.25) is 19.7 Å². The van der Waals surface area contributed by atoms with Gasteiger partial charge < -0.3 is 9.47 Å². The number of nitro benzene ring substituents is 1. The number of para-hydroxylation sites is 1. The molecule has 1 unspecified atom stereocenters. The minimum Gasteiger partial charge on any atom is -0.443 e. The van der Waals surface area contributed by atoms with Crippen molar-refractivity contribution in [1.29, 1.82) is 0 Å². The summed E-state index contributed by atoms with van der Waals surface area (Å²) in [5.74, 6) is -0.563. The van der Waals surface area contributed by atoms with E-state index in [1.54, 1.807) is 31.2 Å².